The molecule has 2 aromatic carbocycles. The third-order valence-corrected chi connectivity index (χ3v) is 8.78. The number of anilines is 1. The lowest BCUT2D eigenvalue weighted by Crippen LogP contribution is -2.39. The van der Waals surface area contributed by atoms with Gasteiger partial charge < -0.3 is 4.90 Å². The summed E-state index contributed by atoms with van der Waals surface area (Å²) in [5.74, 6) is 0. The maximum absolute atomic E-state index is 13.0. The average Bonchev–Trinajstić information content (AvgIpc) is 3.18. The number of halogens is 3. The van der Waals surface area contributed by atoms with Crippen LogP contribution < -0.4 is 4.90 Å². The van der Waals surface area contributed by atoms with Crippen molar-refractivity contribution in [1.29, 1.82) is 0 Å². The fraction of sp³-hybridized carbons (Fsp3) is 0.250. The zero-order chi connectivity index (χ0) is 20.6. The summed E-state index contributed by atoms with van der Waals surface area (Å²) in [6, 6.07) is 12.0. The number of piperidine rings is 1. The fourth-order valence-electron chi connectivity index (χ4n) is 3.41. The topological polar surface area (TPSA) is 50.3 Å². The first-order chi connectivity index (χ1) is 13.8. The van der Waals surface area contributed by atoms with Gasteiger partial charge in [-0.05, 0) is 43.2 Å². The Kier molecular flexibility index (Phi) is 6.09. The van der Waals surface area contributed by atoms with Crippen molar-refractivity contribution in [2.75, 3.05) is 18.0 Å². The molecule has 9 heteroatoms. The Labute approximate surface area is 189 Å². The average molecular weight is 488 g/mol. The highest BCUT2D eigenvalue weighted by Crippen LogP contribution is 2.33. The number of nitrogens with zero attached hydrogens (tertiary/aromatic N) is 2. The highest BCUT2D eigenvalue weighted by molar-refractivity contribution is 7.92. The van der Waals surface area contributed by atoms with Crippen LogP contribution in [0.4, 0.5) is 5.13 Å². The van der Waals surface area contributed by atoms with Gasteiger partial charge in [0.2, 0.25) is 0 Å². The van der Waals surface area contributed by atoms with Crippen LogP contribution in [0, 0.1) is 0 Å². The largest absolute Gasteiger partial charge is 0.348 e. The van der Waals surface area contributed by atoms with E-state index < -0.39 is 15.1 Å². The smallest absolute Gasteiger partial charge is 0.185 e. The highest BCUT2D eigenvalue weighted by atomic mass is 35.5. The van der Waals surface area contributed by atoms with Crippen LogP contribution in [0.5, 0.6) is 0 Å². The summed E-state index contributed by atoms with van der Waals surface area (Å²) < 4.78 is 26.0. The van der Waals surface area contributed by atoms with Crippen LogP contribution in [-0.2, 0) is 9.84 Å². The molecule has 1 aromatic heterocycles. The number of hydrogen-bond acceptors (Lipinski definition) is 5. The molecule has 3 aromatic rings. The van der Waals surface area contributed by atoms with Crippen molar-refractivity contribution >= 4 is 61.1 Å². The SMILES string of the molecule is O=S(=O)(c1cc(Cl)cc(Cl)c1)C1CCN(c2nc(-c3ccc(Cl)cc3)cs2)CC1. The molecule has 152 valence electrons. The van der Waals surface area contributed by atoms with E-state index in [0.29, 0.717) is 41.0 Å². The lowest BCUT2D eigenvalue weighted by atomic mass is 10.1. The Morgan fingerprint density at radius 1 is 0.931 bits per heavy atom. The van der Waals surface area contributed by atoms with Crippen molar-refractivity contribution in [2.45, 2.75) is 23.0 Å². The molecule has 2 heterocycles. The van der Waals surface area contributed by atoms with Gasteiger partial charge >= 0.3 is 0 Å². The van der Waals surface area contributed by atoms with Crippen LogP contribution in [0.25, 0.3) is 11.3 Å². The molecule has 1 aliphatic heterocycles. The Morgan fingerprint density at radius 2 is 1.55 bits per heavy atom. The van der Waals surface area contributed by atoms with Gasteiger partial charge in [-0.15, -0.1) is 11.3 Å². The molecule has 4 nitrogen and oxygen atoms in total. The molecule has 0 saturated carbocycles. The molecule has 4 rings (SSSR count). The van der Waals surface area contributed by atoms with Gasteiger partial charge in [-0.3, -0.25) is 0 Å². The van der Waals surface area contributed by atoms with E-state index in [2.05, 4.69) is 4.90 Å². The van der Waals surface area contributed by atoms with Crippen LogP contribution in [0.15, 0.2) is 52.7 Å². The number of aromatic nitrogens is 1. The van der Waals surface area contributed by atoms with E-state index in [1.807, 2.05) is 29.6 Å². The minimum atomic E-state index is -3.48. The lowest BCUT2D eigenvalue weighted by molar-refractivity contribution is 0.529. The first-order valence-corrected chi connectivity index (χ1v) is 12.6. The summed E-state index contributed by atoms with van der Waals surface area (Å²) in [4.78, 5) is 7.05. The monoisotopic (exact) mass is 486 g/mol. The minimum Gasteiger partial charge on any atom is -0.348 e. The van der Waals surface area contributed by atoms with Gasteiger partial charge in [-0.2, -0.15) is 0 Å². The quantitative estimate of drug-likeness (QED) is 0.439. The molecule has 1 fully saturated rings. The van der Waals surface area contributed by atoms with Gasteiger partial charge in [-0.1, -0.05) is 46.9 Å². The van der Waals surface area contributed by atoms with E-state index in [1.54, 1.807) is 11.3 Å². The molecule has 0 spiro atoms. The molecular weight excluding hydrogens is 471 g/mol. The molecule has 1 saturated heterocycles. The van der Waals surface area contributed by atoms with Crippen molar-refractivity contribution in [3.8, 4) is 11.3 Å². The standard InChI is InChI=1S/C20H17Cl3N2O2S2/c21-14-3-1-13(2-4-14)19-12-28-20(24-19)25-7-5-17(6-8-25)29(26,27)18-10-15(22)9-16(23)11-18/h1-4,9-12,17H,5-8H2. The van der Waals surface area contributed by atoms with E-state index in [4.69, 9.17) is 39.8 Å². The number of hydrogen-bond donors (Lipinski definition) is 0. The molecule has 0 unspecified atom stereocenters. The van der Waals surface area contributed by atoms with Crippen molar-refractivity contribution in [3.63, 3.8) is 0 Å². The Morgan fingerprint density at radius 3 is 2.17 bits per heavy atom. The van der Waals surface area contributed by atoms with E-state index in [-0.39, 0.29) is 4.90 Å². The Hall–Kier alpha value is -1.31. The minimum absolute atomic E-state index is 0.188. The number of thiazole rings is 1. The molecular formula is C20H17Cl3N2O2S2. The van der Waals surface area contributed by atoms with E-state index >= 15 is 0 Å². The van der Waals surface area contributed by atoms with Crippen molar-refractivity contribution < 1.29 is 8.42 Å². The number of rotatable bonds is 4. The predicted molar refractivity (Wildman–Crippen MR) is 121 cm³/mol. The van der Waals surface area contributed by atoms with E-state index in [0.717, 1.165) is 16.4 Å². The molecule has 0 N–H and O–H groups in total. The van der Waals surface area contributed by atoms with Gasteiger partial charge in [0.1, 0.15) is 0 Å². The van der Waals surface area contributed by atoms with Crippen LogP contribution >= 0.6 is 46.1 Å². The molecule has 0 bridgehead atoms. The van der Waals surface area contributed by atoms with Gasteiger partial charge in [0.25, 0.3) is 0 Å². The number of sulfone groups is 1. The van der Waals surface area contributed by atoms with Crippen LogP contribution in [0.1, 0.15) is 12.8 Å². The van der Waals surface area contributed by atoms with Gasteiger partial charge in [0, 0.05) is 39.1 Å². The summed E-state index contributed by atoms with van der Waals surface area (Å²) >= 11 is 19.5. The zero-order valence-corrected chi connectivity index (χ0v) is 19.1. The van der Waals surface area contributed by atoms with E-state index in [1.165, 1.54) is 18.2 Å². The summed E-state index contributed by atoms with van der Waals surface area (Å²) in [5.41, 5.74) is 1.90. The van der Waals surface area contributed by atoms with Crippen molar-refractivity contribution in [2.24, 2.45) is 0 Å². The predicted octanol–water partition coefficient (Wildman–Crippen LogP) is 6.21. The summed E-state index contributed by atoms with van der Waals surface area (Å²) in [6.45, 7) is 1.26. The third kappa shape index (κ3) is 4.57. The highest BCUT2D eigenvalue weighted by Gasteiger charge is 2.32. The second kappa shape index (κ2) is 8.44. The molecule has 0 radical (unpaired) electrons. The molecule has 1 aliphatic rings. The summed E-state index contributed by atoms with van der Waals surface area (Å²) in [6.07, 6.45) is 1.06. The Bertz CT molecular complexity index is 1100. The van der Waals surface area contributed by atoms with Crippen LogP contribution in [-0.4, -0.2) is 31.7 Å². The third-order valence-electron chi connectivity index (χ3n) is 4.95. The Balaban J connectivity index is 1.46. The second-order valence-corrected chi connectivity index (χ2v) is 11.2. The molecule has 0 amide bonds. The van der Waals surface area contributed by atoms with Crippen molar-refractivity contribution in [1.82, 2.24) is 4.98 Å². The lowest BCUT2D eigenvalue weighted by Gasteiger charge is -2.31. The fourth-order valence-corrected chi connectivity index (χ4v) is 6.87. The van der Waals surface area contributed by atoms with Crippen LogP contribution in [0.3, 0.4) is 0 Å². The second-order valence-electron chi connectivity index (χ2n) is 6.86. The normalized spacial score (nSPS) is 15.6. The van der Waals surface area contributed by atoms with Crippen molar-refractivity contribution in [3.05, 3.63) is 62.9 Å². The first kappa shape index (κ1) is 20.9. The maximum Gasteiger partial charge on any atom is 0.185 e. The van der Waals surface area contributed by atoms with Gasteiger partial charge in [0.05, 0.1) is 15.8 Å². The maximum atomic E-state index is 13.0. The van der Waals surface area contributed by atoms with Gasteiger partial charge in [-0.25, -0.2) is 13.4 Å². The summed E-state index contributed by atoms with van der Waals surface area (Å²) in [7, 11) is -3.48. The molecule has 29 heavy (non-hydrogen) atoms. The first-order valence-electron chi connectivity index (χ1n) is 8.99. The van der Waals surface area contributed by atoms with E-state index in [9.17, 15) is 8.42 Å². The zero-order valence-electron chi connectivity index (χ0n) is 15.2. The summed E-state index contributed by atoms with van der Waals surface area (Å²) in [5, 5.41) is 3.79. The van der Waals surface area contributed by atoms with Crippen LogP contribution in [0.2, 0.25) is 15.1 Å². The molecule has 0 atom stereocenters. The van der Waals surface area contributed by atoms with Gasteiger partial charge in [0.15, 0.2) is 15.0 Å². The number of benzene rings is 2. The molecule has 0 aliphatic carbocycles.